The van der Waals surface area contributed by atoms with Crippen LogP contribution in [0.4, 0.5) is 8.78 Å². The van der Waals surface area contributed by atoms with Gasteiger partial charge in [-0.05, 0) is 25.7 Å². The highest BCUT2D eigenvalue weighted by atomic mass is 19.3. The van der Waals surface area contributed by atoms with Gasteiger partial charge in [-0.3, -0.25) is 9.59 Å². The molecule has 1 aromatic heterocycles. The first-order valence-corrected chi connectivity index (χ1v) is 9.70. The summed E-state index contributed by atoms with van der Waals surface area (Å²) in [6, 6.07) is 0. The number of nitrogens with zero attached hydrogens (tertiary/aromatic N) is 3. The third-order valence-corrected chi connectivity index (χ3v) is 6.40. The maximum Gasteiger partial charge on any atom is 0.312 e. The molecule has 0 N–H and O–H groups in total. The van der Waals surface area contributed by atoms with E-state index in [0.29, 0.717) is 38.9 Å². The number of carbonyl (C=O) groups excluding carboxylic acids is 2. The van der Waals surface area contributed by atoms with Gasteiger partial charge in [0, 0.05) is 50.7 Å². The number of piperidine rings is 1. The number of imidazole rings is 1. The van der Waals surface area contributed by atoms with E-state index < -0.39 is 11.3 Å². The van der Waals surface area contributed by atoms with Crippen molar-refractivity contribution in [3.8, 4) is 0 Å². The quantitative estimate of drug-likeness (QED) is 0.755. The summed E-state index contributed by atoms with van der Waals surface area (Å²) in [5.74, 6) is -3.12. The molecule has 1 unspecified atom stereocenters. The molecule has 1 aliphatic carbocycles. The van der Waals surface area contributed by atoms with Crippen LogP contribution in [0, 0.1) is 11.3 Å². The third kappa shape index (κ3) is 3.71. The Labute approximate surface area is 156 Å². The zero-order chi connectivity index (χ0) is 19.1. The number of aromatic nitrogens is 2. The van der Waals surface area contributed by atoms with Crippen LogP contribution in [-0.4, -0.2) is 51.4 Å². The number of likely N-dealkylation sites (tertiary alicyclic amines) is 1. The second-order valence-electron chi connectivity index (χ2n) is 8.23. The lowest BCUT2D eigenvalue weighted by Gasteiger charge is -2.39. The predicted octanol–water partition coefficient (Wildman–Crippen LogP) is 2.63. The van der Waals surface area contributed by atoms with Crippen LogP contribution in [0.3, 0.4) is 0 Å². The summed E-state index contributed by atoms with van der Waals surface area (Å²) >= 11 is 0. The van der Waals surface area contributed by atoms with Gasteiger partial charge in [0.15, 0.2) is 0 Å². The second-order valence-corrected chi connectivity index (χ2v) is 8.23. The summed E-state index contributed by atoms with van der Waals surface area (Å²) in [7, 11) is 0. The Balaban J connectivity index is 1.32. The smallest absolute Gasteiger partial charge is 0.312 e. The molecule has 1 spiro atoms. The molecule has 1 atom stereocenters. The van der Waals surface area contributed by atoms with Gasteiger partial charge in [-0.2, -0.15) is 0 Å². The van der Waals surface area contributed by atoms with Gasteiger partial charge < -0.3 is 14.2 Å². The van der Waals surface area contributed by atoms with E-state index in [4.69, 9.17) is 4.74 Å². The van der Waals surface area contributed by atoms with E-state index in [2.05, 4.69) is 4.98 Å². The predicted molar refractivity (Wildman–Crippen MR) is 91.9 cm³/mol. The van der Waals surface area contributed by atoms with Crippen molar-refractivity contribution < 1.29 is 23.1 Å². The molecule has 3 aliphatic rings. The Hall–Kier alpha value is -1.99. The highest BCUT2D eigenvalue weighted by molar-refractivity contribution is 5.81. The minimum absolute atomic E-state index is 0.0262. The molecular formula is C19H25F2N3O3. The van der Waals surface area contributed by atoms with Crippen LogP contribution in [0.1, 0.15) is 44.9 Å². The Morgan fingerprint density at radius 1 is 1.22 bits per heavy atom. The zero-order valence-corrected chi connectivity index (χ0v) is 15.3. The van der Waals surface area contributed by atoms with Crippen molar-refractivity contribution in [3.05, 3.63) is 18.7 Å². The molecule has 1 aromatic rings. The Morgan fingerprint density at radius 3 is 2.56 bits per heavy atom. The molecular weight excluding hydrogens is 356 g/mol. The summed E-state index contributed by atoms with van der Waals surface area (Å²) < 4.78 is 34.1. The monoisotopic (exact) mass is 381 g/mol. The van der Waals surface area contributed by atoms with Gasteiger partial charge >= 0.3 is 5.97 Å². The number of amides is 1. The highest BCUT2D eigenvalue weighted by Gasteiger charge is 2.51. The van der Waals surface area contributed by atoms with Crippen LogP contribution < -0.4 is 0 Å². The lowest BCUT2D eigenvalue weighted by atomic mass is 9.75. The summed E-state index contributed by atoms with van der Waals surface area (Å²) in [4.78, 5) is 30.9. The molecule has 3 heterocycles. The van der Waals surface area contributed by atoms with Crippen LogP contribution in [0.15, 0.2) is 18.7 Å². The van der Waals surface area contributed by atoms with E-state index in [1.807, 2.05) is 10.8 Å². The second kappa shape index (κ2) is 6.87. The Bertz CT molecular complexity index is 689. The third-order valence-electron chi connectivity index (χ3n) is 6.40. The van der Waals surface area contributed by atoms with Crippen LogP contribution >= 0.6 is 0 Å². The Kier molecular flexibility index (Phi) is 4.68. The molecule has 8 heteroatoms. The number of esters is 1. The van der Waals surface area contributed by atoms with E-state index >= 15 is 0 Å². The number of cyclic esters (lactones) is 1. The van der Waals surface area contributed by atoms with Crippen molar-refractivity contribution in [2.24, 2.45) is 11.3 Å². The van der Waals surface area contributed by atoms with E-state index in [1.165, 1.54) is 0 Å². The lowest BCUT2D eigenvalue weighted by molar-refractivity contribution is -0.154. The summed E-state index contributed by atoms with van der Waals surface area (Å²) in [5.41, 5.74) is -0.512. The molecule has 0 radical (unpaired) electrons. The first kappa shape index (κ1) is 18.4. The lowest BCUT2D eigenvalue weighted by Crippen LogP contribution is -2.47. The number of hydrogen-bond donors (Lipinski definition) is 0. The fourth-order valence-corrected chi connectivity index (χ4v) is 4.68. The summed E-state index contributed by atoms with van der Waals surface area (Å²) in [5, 5.41) is 0. The first-order valence-electron chi connectivity index (χ1n) is 9.70. The first-order chi connectivity index (χ1) is 12.9. The van der Waals surface area contributed by atoms with Gasteiger partial charge in [-0.1, -0.05) is 0 Å². The number of hydrogen-bond acceptors (Lipinski definition) is 4. The van der Waals surface area contributed by atoms with E-state index in [-0.39, 0.29) is 49.6 Å². The highest BCUT2D eigenvalue weighted by Crippen LogP contribution is 2.44. The molecule has 27 heavy (non-hydrogen) atoms. The standard InChI is InChI=1S/C19H25F2N3O3/c20-19(21)3-1-14(2-4-19)16(25)24-8-5-18(6-9-24)11-15(27-17(18)26)12-23-10-7-22-13-23/h7,10,13-15H,1-6,8-9,11-12H2. The largest absolute Gasteiger partial charge is 0.460 e. The maximum absolute atomic E-state index is 13.3. The molecule has 4 rings (SSSR count). The molecule has 2 aliphatic heterocycles. The van der Waals surface area contributed by atoms with Crippen molar-refractivity contribution >= 4 is 11.9 Å². The molecule has 2 saturated heterocycles. The van der Waals surface area contributed by atoms with Crippen molar-refractivity contribution in [1.82, 2.24) is 14.5 Å². The number of carbonyl (C=O) groups is 2. The van der Waals surface area contributed by atoms with Crippen molar-refractivity contribution in [1.29, 1.82) is 0 Å². The molecule has 1 saturated carbocycles. The van der Waals surface area contributed by atoms with Gasteiger partial charge in [0.2, 0.25) is 11.8 Å². The number of ether oxygens (including phenoxy) is 1. The molecule has 0 aromatic carbocycles. The molecule has 0 bridgehead atoms. The summed E-state index contributed by atoms with van der Waals surface area (Å²) in [6.07, 6.45) is 6.98. The van der Waals surface area contributed by atoms with Crippen LogP contribution in [-0.2, 0) is 20.9 Å². The van der Waals surface area contributed by atoms with Crippen molar-refractivity contribution in [2.75, 3.05) is 13.1 Å². The number of halogens is 2. The number of alkyl halides is 2. The minimum atomic E-state index is -2.62. The molecule has 6 nitrogen and oxygen atoms in total. The summed E-state index contributed by atoms with van der Waals surface area (Å²) in [6.45, 7) is 1.59. The van der Waals surface area contributed by atoms with Gasteiger partial charge in [0.1, 0.15) is 6.10 Å². The van der Waals surface area contributed by atoms with Gasteiger partial charge in [0.25, 0.3) is 0 Å². The van der Waals surface area contributed by atoms with E-state index in [0.717, 1.165) is 0 Å². The molecule has 3 fully saturated rings. The molecule has 148 valence electrons. The zero-order valence-electron chi connectivity index (χ0n) is 15.3. The normalized spacial score (nSPS) is 27.7. The van der Waals surface area contributed by atoms with E-state index in [1.54, 1.807) is 17.4 Å². The van der Waals surface area contributed by atoms with Gasteiger partial charge in [-0.25, -0.2) is 13.8 Å². The fraction of sp³-hybridized carbons (Fsp3) is 0.737. The fourth-order valence-electron chi connectivity index (χ4n) is 4.68. The van der Waals surface area contributed by atoms with Crippen LogP contribution in [0.25, 0.3) is 0 Å². The topological polar surface area (TPSA) is 64.4 Å². The average molecular weight is 381 g/mol. The van der Waals surface area contributed by atoms with Crippen LogP contribution in [0.2, 0.25) is 0 Å². The SMILES string of the molecule is O=C(C1CCC(F)(F)CC1)N1CCC2(CC1)CC(Cn1ccnc1)OC2=O. The van der Waals surface area contributed by atoms with Crippen molar-refractivity contribution in [3.63, 3.8) is 0 Å². The van der Waals surface area contributed by atoms with Crippen LogP contribution in [0.5, 0.6) is 0 Å². The van der Waals surface area contributed by atoms with Gasteiger partial charge in [0.05, 0.1) is 18.3 Å². The maximum atomic E-state index is 13.3. The number of rotatable bonds is 3. The Morgan fingerprint density at radius 2 is 1.93 bits per heavy atom. The van der Waals surface area contributed by atoms with E-state index in [9.17, 15) is 18.4 Å². The molecule has 1 amide bonds. The van der Waals surface area contributed by atoms with Crippen molar-refractivity contribution in [2.45, 2.75) is 63.5 Å². The van der Waals surface area contributed by atoms with Gasteiger partial charge in [-0.15, -0.1) is 0 Å². The minimum Gasteiger partial charge on any atom is -0.460 e. The average Bonchev–Trinajstić information content (AvgIpc) is 3.24.